The van der Waals surface area contributed by atoms with Gasteiger partial charge in [-0.2, -0.15) is 0 Å². The Morgan fingerprint density at radius 2 is 1.38 bits per heavy atom. The summed E-state index contributed by atoms with van der Waals surface area (Å²) in [6.07, 6.45) is 13.1. The Balaban J connectivity index is 1.62. The van der Waals surface area contributed by atoms with Gasteiger partial charge in [0.15, 0.2) is 0 Å². The van der Waals surface area contributed by atoms with Gasteiger partial charge in [-0.05, 0) is 49.4 Å². The monoisotopic (exact) mass is 222 g/mol. The van der Waals surface area contributed by atoms with Gasteiger partial charge in [0.05, 0.1) is 0 Å². The zero-order valence-electron chi connectivity index (χ0n) is 10.3. The molecule has 3 rings (SSSR count). The molecule has 0 radical (unpaired) electrons. The first-order valence-electron chi connectivity index (χ1n) is 7.38. The van der Waals surface area contributed by atoms with Crippen LogP contribution in [0.15, 0.2) is 0 Å². The van der Waals surface area contributed by atoms with E-state index >= 15 is 0 Å². The van der Waals surface area contributed by atoms with Gasteiger partial charge in [-0.15, -0.1) is 0 Å². The van der Waals surface area contributed by atoms with E-state index < -0.39 is 0 Å². The molecule has 3 unspecified atom stereocenters. The Bertz CT molecular complexity index is 223. The van der Waals surface area contributed by atoms with Gasteiger partial charge < -0.3 is 0 Å². The van der Waals surface area contributed by atoms with Crippen molar-refractivity contribution >= 4 is 0 Å². The van der Waals surface area contributed by atoms with Crippen LogP contribution in [0.1, 0.15) is 57.8 Å². The molecule has 0 amide bonds. The van der Waals surface area contributed by atoms with Gasteiger partial charge in [-0.25, -0.2) is 0 Å². The largest absolute Gasteiger partial charge is 0.271 e. The Morgan fingerprint density at radius 3 is 1.94 bits per heavy atom. The Labute approximate surface area is 99.3 Å². The van der Waals surface area contributed by atoms with E-state index in [0.29, 0.717) is 6.04 Å². The summed E-state index contributed by atoms with van der Waals surface area (Å²) in [5, 5.41) is 0. The van der Waals surface area contributed by atoms with E-state index in [1.807, 2.05) is 0 Å². The van der Waals surface area contributed by atoms with Gasteiger partial charge in [0, 0.05) is 6.04 Å². The van der Waals surface area contributed by atoms with Gasteiger partial charge in [0.25, 0.3) is 0 Å². The Morgan fingerprint density at radius 1 is 0.812 bits per heavy atom. The molecule has 0 bridgehead atoms. The van der Waals surface area contributed by atoms with Crippen molar-refractivity contribution in [1.29, 1.82) is 0 Å². The molecular weight excluding hydrogens is 196 g/mol. The van der Waals surface area contributed by atoms with Crippen LogP contribution in [0.4, 0.5) is 0 Å². The lowest BCUT2D eigenvalue weighted by molar-refractivity contribution is 0.238. The summed E-state index contributed by atoms with van der Waals surface area (Å²) >= 11 is 0. The van der Waals surface area contributed by atoms with E-state index in [4.69, 9.17) is 5.84 Å². The van der Waals surface area contributed by atoms with E-state index in [-0.39, 0.29) is 0 Å². The maximum absolute atomic E-state index is 5.85. The molecule has 3 fully saturated rings. The van der Waals surface area contributed by atoms with Gasteiger partial charge in [0.1, 0.15) is 0 Å². The van der Waals surface area contributed by atoms with Crippen molar-refractivity contribution in [2.45, 2.75) is 63.8 Å². The molecule has 0 aromatic carbocycles. The smallest absolute Gasteiger partial charge is 0.0272 e. The lowest BCUT2D eigenvalue weighted by Crippen LogP contribution is -2.44. The number of hydrogen-bond acceptors (Lipinski definition) is 2. The zero-order chi connectivity index (χ0) is 11.0. The van der Waals surface area contributed by atoms with Gasteiger partial charge >= 0.3 is 0 Å². The molecule has 3 aliphatic carbocycles. The fourth-order valence-corrected chi connectivity index (χ4v) is 4.64. The number of nitrogens with two attached hydrogens (primary N) is 1. The van der Waals surface area contributed by atoms with Crippen LogP contribution in [0.25, 0.3) is 0 Å². The summed E-state index contributed by atoms with van der Waals surface area (Å²) in [6.45, 7) is 0. The number of hydrazine groups is 1. The highest BCUT2D eigenvalue weighted by Crippen LogP contribution is 2.58. The lowest BCUT2D eigenvalue weighted by Gasteiger charge is -2.30. The minimum absolute atomic E-state index is 0.647. The lowest BCUT2D eigenvalue weighted by atomic mass is 9.81. The molecule has 3 saturated carbocycles. The van der Waals surface area contributed by atoms with Gasteiger partial charge in [-0.3, -0.25) is 11.3 Å². The third kappa shape index (κ3) is 1.91. The average molecular weight is 222 g/mol. The van der Waals surface area contributed by atoms with E-state index in [2.05, 4.69) is 5.43 Å². The van der Waals surface area contributed by atoms with Crippen molar-refractivity contribution in [1.82, 2.24) is 5.43 Å². The van der Waals surface area contributed by atoms with Crippen molar-refractivity contribution in [3.8, 4) is 0 Å². The predicted molar refractivity (Wildman–Crippen MR) is 66.6 cm³/mol. The summed E-state index contributed by atoms with van der Waals surface area (Å²) in [4.78, 5) is 0. The first-order chi connectivity index (χ1) is 7.92. The summed E-state index contributed by atoms with van der Waals surface area (Å²) in [6, 6.07) is 0.647. The molecule has 16 heavy (non-hydrogen) atoms. The minimum atomic E-state index is 0.647. The number of nitrogens with one attached hydrogen (secondary N) is 1. The molecule has 3 aliphatic rings. The molecule has 0 saturated heterocycles. The van der Waals surface area contributed by atoms with E-state index in [1.54, 1.807) is 0 Å². The highest BCUT2D eigenvalue weighted by Gasteiger charge is 2.55. The molecule has 92 valence electrons. The number of fused-ring (bicyclic) bond motifs is 1. The van der Waals surface area contributed by atoms with E-state index in [0.717, 1.165) is 23.7 Å². The van der Waals surface area contributed by atoms with Crippen LogP contribution in [0.2, 0.25) is 0 Å². The van der Waals surface area contributed by atoms with Crippen LogP contribution >= 0.6 is 0 Å². The minimum Gasteiger partial charge on any atom is -0.271 e. The third-order valence-electron chi connectivity index (χ3n) is 5.49. The van der Waals surface area contributed by atoms with Crippen molar-refractivity contribution in [3.63, 3.8) is 0 Å². The Hall–Kier alpha value is -0.0800. The Kier molecular flexibility index (Phi) is 3.21. The molecule has 0 spiro atoms. The van der Waals surface area contributed by atoms with E-state index in [9.17, 15) is 0 Å². The zero-order valence-corrected chi connectivity index (χ0v) is 10.3. The second-order valence-corrected chi connectivity index (χ2v) is 6.28. The maximum atomic E-state index is 5.85. The van der Waals surface area contributed by atoms with Crippen LogP contribution in [0.3, 0.4) is 0 Å². The van der Waals surface area contributed by atoms with Gasteiger partial charge in [-0.1, -0.05) is 32.1 Å². The molecule has 3 atom stereocenters. The van der Waals surface area contributed by atoms with Crippen LogP contribution < -0.4 is 11.3 Å². The molecular formula is C14H26N2. The molecule has 0 aromatic rings. The molecule has 3 N–H and O–H groups in total. The summed E-state index contributed by atoms with van der Waals surface area (Å²) in [7, 11) is 0. The molecule has 0 aliphatic heterocycles. The highest BCUT2D eigenvalue weighted by atomic mass is 15.2. The molecule has 2 nitrogen and oxygen atoms in total. The molecule has 0 aromatic heterocycles. The second kappa shape index (κ2) is 4.66. The maximum Gasteiger partial charge on any atom is 0.0272 e. The van der Waals surface area contributed by atoms with Crippen molar-refractivity contribution in [2.24, 2.45) is 29.5 Å². The van der Waals surface area contributed by atoms with E-state index in [1.165, 1.54) is 57.8 Å². The summed E-state index contributed by atoms with van der Waals surface area (Å²) in [5.74, 6) is 9.75. The molecule has 0 heterocycles. The standard InChI is InChI=1S/C14H26N2/c15-16-14(10-6-2-1-3-7-10)13-11-8-4-5-9-12(11)13/h10-14,16H,1-9,15H2. The summed E-state index contributed by atoms with van der Waals surface area (Å²) < 4.78 is 0. The quantitative estimate of drug-likeness (QED) is 0.569. The normalized spacial score (nSPS) is 41.4. The predicted octanol–water partition coefficient (Wildman–Crippen LogP) is 2.83. The van der Waals surface area contributed by atoms with Gasteiger partial charge in [0.2, 0.25) is 0 Å². The average Bonchev–Trinajstić information content (AvgIpc) is 3.07. The van der Waals surface area contributed by atoms with Crippen LogP contribution in [-0.4, -0.2) is 6.04 Å². The van der Waals surface area contributed by atoms with Crippen LogP contribution in [0.5, 0.6) is 0 Å². The third-order valence-corrected chi connectivity index (χ3v) is 5.49. The van der Waals surface area contributed by atoms with Crippen LogP contribution in [-0.2, 0) is 0 Å². The number of rotatable bonds is 3. The van der Waals surface area contributed by atoms with Crippen LogP contribution in [0, 0.1) is 23.7 Å². The number of hydrogen-bond donors (Lipinski definition) is 2. The fraction of sp³-hybridized carbons (Fsp3) is 1.00. The topological polar surface area (TPSA) is 38.0 Å². The molecule has 2 heteroatoms. The first-order valence-corrected chi connectivity index (χ1v) is 7.38. The van der Waals surface area contributed by atoms with Crippen molar-refractivity contribution in [2.75, 3.05) is 0 Å². The fourth-order valence-electron chi connectivity index (χ4n) is 4.64. The SMILES string of the molecule is NNC(C1CCCCC1)C1C2CCCCC21. The van der Waals surface area contributed by atoms with Crippen molar-refractivity contribution in [3.05, 3.63) is 0 Å². The first kappa shape index (κ1) is 11.0. The summed E-state index contributed by atoms with van der Waals surface area (Å²) in [5.41, 5.74) is 3.19. The second-order valence-electron chi connectivity index (χ2n) is 6.28. The highest BCUT2D eigenvalue weighted by molar-refractivity contribution is 5.05. The van der Waals surface area contributed by atoms with Crippen molar-refractivity contribution < 1.29 is 0 Å².